The van der Waals surface area contributed by atoms with E-state index in [2.05, 4.69) is 22.2 Å². The monoisotopic (exact) mass is 462 g/mol. The van der Waals surface area contributed by atoms with Crippen LogP contribution in [0, 0.1) is 11.8 Å². The van der Waals surface area contributed by atoms with Crippen molar-refractivity contribution in [2.24, 2.45) is 11.8 Å². The average molecular weight is 463 g/mol. The van der Waals surface area contributed by atoms with Gasteiger partial charge in [-0.05, 0) is 88.2 Å². The van der Waals surface area contributed by atoms with Crippen molar-refractivity contribution in [1.82, 2.24) is 20.1 Å². The van der Waals surface area contributed by atoms with E-state index in [0.29, 0.717) is 24.6 Å². The Balaban J connectivity index is 0.00000289. The Hall–Kier alpha value is -2.09. The highest BCUT2D eigenvalue weighted by atomic mass is 35.5. The molecule has 0 spiro atoms. The van der Waals surface area contributed by atoms with Crippen LogP contribution in [0.2, 0.25) is 0 Å². The van der Waals surface area contributed by atoms with Gasteiger partial charge in [0.15, 0.2) is 0 Å². The molecule has 1 aromatic heterocycles. The Morgan fingerprint density at radius 3 is 2.31 bits per heavy atom. The van der Waals surface area contributed by atoms with Gasteiger partial charge in [-0.25, -0.2) is 0 Å². The summed E-state index contributed by atoms with van der Waals surface area (Å²) in [6.07, 6.45) is 5.36. The van der Waals surface area contributed by atoms with Gasteiger partial charge < -0.3 is 25.2 Å². The third-order valence-corrected chi connectivity index (χ3v) is 7.13. The third-order valence-electron chi connectivity index (χ3n) is 7.13. The van der Waals surface area contributed by atoms with E-state index in [-0.39, 0.29) is 24.2 Å². The molecule has 2 aliphatic heterocycles. The third kappa shape index (κ3) is 5.45. The number of fused-ring (bicyclic) bond motifs is 1. The predicted octanol–water partition coefficient (Wildman–Crippen LogP) is 2.65. The SMILES string of the molecule is C[C@@H](O)[C@@H](NC(=O)c1ccc2cc[nH]c2c1)C(=O)N1CCC(C2CCN(C)CC2)CC1.Cl. The summed E-state index contributed by atoms with van der Waals surface area (Å²) >= 11 is 0. The summed E-state index contributed by atoms with van der Waals surface area (Å²) in [5.41, 5.74) is 1.33. The first-order valence-electron chi connectivity index (χ1n) is 11.5. The lowest BCUT2D eigenvalue weighted by Crippen LogP contribution is -2.55. The number of aliphatic hydroxyl groups is 1. The summed E-state index contributed by atoms with van der Waals surface area (Å²) in [4.78, 5) is 33.2. The number of aromatic amines is 1. The number of likely N-dealkylation sites (tertiary alicyclic amines) is 2. The van der Waals surface area contributed by atoms with Crippen molar-refractivity contribution in [2.45, 2.75) is 44.8 Å². The largest absolute Gasteiger partial charge is 0.391 e. The molecular weight excluding hydrogens is 428 g/mol. The molecule has 0 unspecified atom stereocenters. The Morgan fingerprint density at radius 2 is 1.69 bits per heavy atom. The number of halogens is 1. The fourth-order valence-corrected chi connectivity index (χ4v) is 5.09. The fraction of sp³-hybridized carbons (Fsp3) is 0.583. The lowest BCUT2D eigenvalue weighted by molar-refractivity contribution is -0.137. The maximum atomic E-state index is 13.1. The number of carbonyl (C=O) groups is 2. The van der Waals surface area contributed by atoms with E-state index in [0.717, 1.165) is 42.8 Å². The van der Waals surface area contributed by atoms with E-state index in [1.807, 2.05) is 23.2 Å². The Morgan fingerprint density at radius 1 is 1.06 bits per heavy atom. The van der Waals surface area contributed by atoms with Crippen LogP contribution >= 0.6 is 12.4 Å². The lowest BCUT2D eigenvalue weighted by Gasteiger charge is -2.40. The van der Waals surface area contributed by atoms with E-state index >= 15 is 0 Å². The molecule has 3 heterocycles. The molecule has 2 amide bonds. The van der Waals surface area contributed by atoms with Gasteiger partial charge >= 0.3 is 0 Å². The molecule has 2 saturated heterocycles. The summed E-state index contributed by atoms with van der Waals surface area (Å²) < 4.78 is 0. The number of aromatic nitrogens is 1. The number of hydrogen-bond donors (Lipinski definition) is 3. The zero-order valence-electron chi connectivity index (χ0n) is 18.9. The molecule has 32 heavy (non-hydrogen) atoms. The maximum Gasteiger partial charge on any atom is 0.252 e. The number of H-pyrrole nitrogens is 1. The molecular formula is C24H35ClN4O3. The van der Waals surface area contributed by atoms with Crippen LogP contribution in [0.15, 0.2) is 30.5 Å². The van der Waals surface area contributed by atoms with Crippen molar-refractivity contribution >= 4 is 35.1 Å². The molecule has 0 radical (unpaired) electrons. The van der Waals surface area contributed by atoms with Crippen LogP contribution in [0.5, 0.6) is 0 Å². The maximum absolute atomic E-state index is 13.1. The van der Waals surface area contributed by atoms with Gasteiger partial charge in [0.25, 0.3) is 5.91 Å². The minimum absolute atomic E-state index is 0. The van der Waals surface area contributed by atoms with Crippen molar-refractivity contribution < 1.29 is 14.7 Å². The van der Waals surface area contributed by atoms with Gasteiger partial charge in [-0.1, -0.05) is 6.07 Å². The second kappa shape index (κ2) is 10.7. The van der Waals surface area contributed by atoms with Crippen LogP contribution in [0.1, 0.15) is 43.0 Å². The first-order chi connectivity index (χ1) is 14.9. The van der Waals surface area contributed by atoms with Crippen LogP contribution in [0.4, 0.5) is 0 Å². The summed E-state index contributed by atoms with van der Waals surface area (Å²) in [6, 6.07) is 6.37. The minimum atomic E-state index is -0.961. The highest BCUT2D eigenvalue weighted by molar-refractivity contribution is 6.00. The van der Waals surface area contributed by atoms with Crippen LogP contribution in [0.3, 0.4) is 0 Å². The summed E-state index contributed by atoms with van der Waals surface area (Å²) in [5.74, 6) is 0.886. The van der Waals surface area contributed by atoms with E-state index in [1.54, 1.807) is 19.1 Å². The first kappa shape index (κ1) is 24.6. The van der Waals surface area contributed by atoms with Crippen LogP contribution in [0.25, 0.3) is 10.9 Å². The molecule has 8 heteroatoms. The summed E-state index contributed by atoms with van der Waals surface area (Å²) in [7, 11) is 2.18. The smallest absolute Gasteiger partial charge is 0.252 e. The topological polar surface area (TPSA) is 88.7 Å². The van der Waals surface area contributed by atoms with E-state index in [4.69, 9.17) is 0 Å². The standard InChI is InChI=1S/C24H34N4O3.ClH/c1-16(29)22(26-23(30)20-4-3-19-5-10-25-21(19)15-20)24(31)28-13-8-18(9-14-28)17-6-11-27(2)12-7-17;/h3-5,10,15-18,22,25,29H,6-9,11-14H2,1-2H3,(H,26,30);1H/t16-,22-;/m1./s1. The van der Waals surface area contributed by atoms with Gasteiger partial charge in [-0.2, -0.15) is 0 Å². The highest BCUT2D eigenvalue weighted by Gasteiger charge is 2.34. The number of hydrogen-bond acceptors (Lipinski definition) is 4. The molecule has 0 saturated carbocycles. The molecule has 2 fully saturated rings. The number of aliphatic hydroxyl groups excluding tert-OH is 1. The zero-order chi connectivity index (χ0) is 22.0. The van der Waals surface area contributed by atoms with Gasteiger partial charge in [0, 0.05) is 30.4 Å². The zero-order valence-corrected chi connectivity index (χ0v) is 19.7. The molecule has 2 atom stereocenters. The Labute approximate surface area is 195 Å². The molecule has 176 valence electrons. The lowest BCUT2D eigenvalue weighted by atomic mass is 9.79. The molecule has 7 nitrogen and oxygen atoms in total. The summed E-state index contributed by atoms with van der Waals surface area (Å²) in [5, 5.41) is 14.0. The number of piperidine rings is 2. The highest BCUT2D eigenvalue weighted by Crippen LogP contribution is 2.32. The molecule has 2 aromatic rings. The van der Waals surface area contributed by atoms with Crippen LogP contribution < -0.4 is 5.32 Å². The number of amides is 2. The van der Waals surface area contributed by atoms with Gasteiger partial charge in [0.1, 0.15) is 6.04 Å². The normalized spacial score (nSPS) is 20.5. The molecule has 2 aliphatic rings. The Bertz CT molecular complexity index is 915. The first-order valence-corrected chi connectivity index (χ1v) is 11.5. The number of carbonyl (C=O) groups excluding carboxylic acids is 2. The average Bonchev–Trinajstić information content (AvgIpc) is 3.25. The van der Waals surface area contributed by atoms with Crippen LogP contribution in [-0.2, 0) is 4.79 Å². The van der Waals surface area contributed by atoms with Crippen molar-refractivity contribution in [3.05, 3.63) is 36.0 Å². The van der Waals surface area contributed by atoms with Crippen molar-refractivity contribution in [1.29, 1.82) is 0 Å². The summed E-state index contributed by atoms with van der Waals surface area (Å²) in [6.45, 7) is 5.28. The van der Waals surface area contributed by atoms with Crippen molar-refractivity contribution in [3.8, 4) is 0 Å². The number of nitrogens with one attached hydrogen (secondary N) is 2. The molecule has 1 aromatic carbocycles. The Kier molecular flexibility index (Phi) is 8.20. The van der Waals surface area contributed by atoms with Gasteiger partial charge in [-0.3, -0.25) is 9.59 Å². The number of rotatable bonds is 5. The minimum Gasteiger partial charge on any atom is -0.391 e. The van der Waals surface area contributed by atoms with Gasteiger partial charge in [-0.15, -0.1) is 12.4 Å². The van der Waals surface area contributed by atoms with E-state index in [9.17, 15) is 14.7 Å². The molecule has 4 rings (SSSR count). The molecule has 0 aliphatic carbocycles. The number of benzene rings is 1. The van der Waals surface area contributed by atoms with Crippen molar-refractivity contribution in [3.63, 3.8) is 0 Å². The second-order valence-corrected chi connectivity index (χ2v) is 9.27. The predicted molar refractivity (Wildman–Crippen MR) is 128 cm³/mol. The second-order valence-electron chi connectivity index (χ2n) is 9.27. The van der Waals surface area contributed by atoms with Gasteiger partial charge in [0.05, 0.1) is 6.10 Å². The quantitative estimate of drug-likeness (QED) is 0.637. The van der Waals surface area contributed by atoms with E-state index in [1.165, 1.54) is 12.8 Å². The van der Waals surface area contributed by atoms with Gasteiger partial charge in [0.2, 0.25) is 5.91 Å². The fourth-order valence-electron chi connectivity index (χ4n) is 5.09. The molecule has 3 N–H and O–H groups in total. The van der Waals surface area contributed by atoms with Crippen LogP contribution in [-0.4, -0.2) is 77.1 Å². The number of nitrogens with zero attached hydrogens (tertiary/aromatic N) is 2. The molecule has 0 bridgehead atoms. The van der Waals surface area contributed by atoms with E-state index < -0.39 is 12.1 Å². The van der Waals surface area contributed by atoms with Crippen molar-refractivity contribution in [2.75, 3.05) is 33.2 Å².